The van der Waals surface area contributed by atoms with Gasteiger partial charge in [0.15, 0.2) is 0 Å². The third-order valence-corrected chi connectivity index (χ3v) is 4.82. The van der Waals surface area contributed by atoms with Crippen LogP contribution in [0.5, 0.6) is 11.5 Å². The highest BCUT2D eigenvalue weighted by Crippen LogP contribution is 2.16. The van der Waals surface area contributed by atoms with E-state index in [0.717, 1.165) is 0 Å². The maximum Gasteiger partial charge on any atom is 0.267 e. The van der Waals surface area contributed by atoms with E-state index in [1.54, 1.807) is 17.0 Å². The Kier molecular flexibility index (Phi) is 7.21. The molecule has 1 amide bonds. The molecule has 1 aliphatic rings. The fraction of sp³-hybridized carbons (Fsp3) is 0.562. The molecule has 0 bridgehead atoms. The second kappa shape index (κ2) is 9.17. The van der Waals surface area contributed by atoms with Gasteiger partial charge in [0.1, 0.15) is 17.3 Å². The molecule has 1 fully saturated rings. The zero-order valence-electron chi connectivity index (χ0n) is 14.3. The largest absolute Gasteiger partial charge is 0.508 e. The molecule has 2 rings (SSSR count). The summed E-state index contributed by atoms with van der Waals surface area (Å²) in [6.07, 6.45) is -0.933. The smallest absolute Gasteiger partial charge is 0.267 e. The number of aliphatic hydroxyl groups excluding tert-OH is 1. The van der Waals surface area contributed by atoms with E-state index in [0.29, 0.717) is 31.9 Å². The number of amides is 1. The number of hydrogen-bond acceptors (Lipinski definition) is 7. The molecule has 1 aromatic carbocycles. The minimum Gasteiger partial charge on any atom is -0.508 e. The van der Waals surface area contributed by atoms with Crippen LogP contribution in [0.4, 0.5) is 0 Å². The summed E-state index contributed by atoms with van der Waals surface area (Å²) in [6.45, 7) is 2.37. The Morgan fingerprint density at radius 1 is 1.15 bits per heavy atom. The molecular weight excluding hydrogens is 364 g/mol. The first-order valence-electron chi connectivity index (χ1n) is 8.28. The number of phenolic OH excluding ortho intramolecular Hbond substituents is 1. The van der Waals surface area contributed by atoms with Crippen LogP contribution in [-0.4, -0.2) is 90.1 Å². The second-order valence-electron chi connectivity index (χ2n) is 6.18. The van der Waals surface area contributed by atoms with Gasteiger partial charge in [0.25, 0.3) is 10.1 Å². The minimum absolute atomic E-state index is 0.0399. The van der Waals surface area contributed by atoms with Crippen LogP contribution < -0.4 is 4.74 Å². The lowest BCUT2D eigenvalue weighted by molar-refractivity contribution is -0.133. The second-order valence-corrected chi connectivity index (χ2v) is 7.67. The fourth-order valence-electron chi connectivity index (χ4n) is 2.73. The van der Waals surface area contributed by atoms with Crippen molar-refractivity contribution in [2.45, 2.75) is 12.5 Å². The van der Waals surface area contributed by atoms with Crippen LogP contribution in [0.2, 0.25) is 0 Å². The molecule has 1 unspecified atom stereocenters. The number of β-amino-alcohol motifs (C(OH)–C–C–N with tert-alkyl or cyclic N) is 1. The summed E-state index contributed by atoms with van der Waals surface area (Å²) < 4.78 is 35.7. The summed E-state index contributed by atoms with van der Waals surface area (Å²) in [5.74, 6) is -0.0102. The number of carbonyl (C=O) groups excluding carboxylic acids is 1. The maximum atomic E-state index is 12.2. The maximum absolute atomic E-state index is 12.2. The Labute approximate surface area is 152 Å². The molecule has 0 saturated carbocycles. The third-order valence-electron chi connectivity index (χ3n) is 4.02. The van der Waals surface area contributed by atoms with Crippen LogP contribution in [0.3, 0.4) is 0 Å². The summed E-state index contributed by atoms with van der Waals surface area (Å²) in [4.78, 5) is 15.7. The van der Waals surface area contributed by atoms with Crippen molar-refractivity contribution in [1.29, 1.82) is 0 Å². The number of benzene rings is 1. The molecule has 0 aromatic heterocycles. The van der Waals surface area contributed by atoms with Crippen molar-refractivity contribution in [1.82, 2.24) is 9.80 Å². The van der Waals surface area contributed by atoms with Gasteiger partial charge in [-0.05, 0) is 24.3 Å². The van der Waals surface area contributed by atoms with Crippen molar-refractivity contribution in [3.8, 4) is 11.5 Å². The highest BCUT2D eigenvalue weighted by molar-refractivity contribution is 7.85. The Morgan fingerprint density at radius 3 is 2.35 bits per heavy atom. The topological polar surface area (TPSA) is 128 Å². The lowest BCUT2D eigenvalue weighted by Gasteiger charge is -2.35. The quantitative estimate of drug-likeness (QED) is 0.511. The number of ether oxygens (including phenoxy) is 1. The van der Waals surface area contributed by atoms with Crippen molar-refractivity contribution in [3.63, 3.8) is 0 Å². The molecule has 1 aromatic rings. The number of aliphatic hydroxyl groups is 1. The molecule has 1 atom stereocenters. The lowest BCUT2D eigenvalue weighted by atomic mass is 10.2. The highest BCUT2D eigenvalue weighted by atomic mass is 32.2. The minimum atomic E-state index is -4.20. The van der Waals surface area contributed by atoms with Crippen LogP contribution in [-0.2, 0) is 14.9 Å². The van der Waals surface area contributed by atoms with Gasteiger partial charge in [-0.1, -0.05) is 0 Å². The number of nitrogens with zero attached hydrogens (tertiary/aromatic N) is 2. The highest BCUT2D eigenvalue weighted by Gasteiger charge is 2.24. The number of rotatable bonds is 8. The van der Waals surface area contributed by atoms with Gasteiger partial charge in [-0.25, -0.2) is 0 Å². The molecule has 0 spiro atoms. The molecule has 10 heteroatoms. The Bertz CT molecular complexity index is 685. The number of piperazine rings is 1. The molecule has 1 saturated heterocycles. The molecule has 1 heterocycles. The summed E-state index contributed by atoms with van der Waals surface area (Å²) in [5.41, 5.74) is 0. The molecule has 0 radical (unpaired) electrons. The normalized spacial score (nSPS) is 17.1. The van der Waals surface area contributed by atoms with Gasteiger partial charge in [0.05, 0.1) is 19.1 Å². The van der Waals surface area contributed by atoms with Crippen LogP contribution in [0.15, 0.2) is 24.3 Å². The predicted molar refractivity (Wildman–Crippen MR) is 93.7 cm³/mol. The van der Waals surface area contributed by atoms with E-state index in [4.69, 9.17) is 9.29 Å². The average molecular weight is 388 g/mol. The van der Waals surface area contributed by atoms with E-state index in [1.165, 1.54) is 12.1 Å². The van der Waals surface area contributed by atoms with Gasteiger partial charge in [-0.2, -0.15) is 8.42 Å². The summed E-state index contributed by atoms with van der Waals surface area (Å²) in [7, 11) is -4.20. The van der Waals surface area contributed by atoms with Gasteiger partial charge < -0.3 is 19.8 Å². The average Bonchev–Trinajstić information content (AvgIpc) is 2.55. The number of phenols is 1. The number of hydrogen-bond donors (Lipinski definition) is 3. The van der Waals surface area contributed by atoms with Crippen molar-refractivity contribution < 1.29 is 32.7 Å². The molecule has 26 heavy (non-hydrogen) atoms. The Morgan fingerprint density at radius 2 is 1.77 bits per heavy atom. The summed E-state index contributed by atoms with van der Waals surface area (Å²) in [5, 5.41) is 18.9. The Balaban J connectivity index is 1.66. The summed E-state index contributed by atoms with van der Waals surface area (Å²) >= 11 is 0. The van der Waals surface area contributed by atoms with Gasteiger partial charge in [0.2, 0.25) is 5.91 Å². The van der Waals surface area contributed by atoms with Gasteiger partial charge in [-0.15, -0.1) is 0 Å². The monoisotopic (exact) mass is 388 g/mol. The first-order valence-corrected chi connectivity index (χ1v) is 9.89. The van der Waals surface area contributed by atoms with Crippen LogP contribution in [0, 0.1) is 0 Å². The van der Waals surface area contributed by atoms with Gasteiger partial charge in [0, 0.05) is 32.7 Å². The molecular formula is C16H24N2O7S. The standard InChI is InChI=1S/C16H24N2O7S/c19-13-1-3-15(4-2-13)25-10-5-16(21)18-8-6-17(7-9-18)11-14(20)12-26(22,23)24/h1-4,14,19-20H,5-12H2,(H,22,23,24). The van der Waals surface area contributed by atoms with E-state index in [9.17, 15) is 23.4 Å². The van der Waals surface area contributed by atoms with E-state index < -0.39 is 22.0 Å². The number of carbonyl (C=O) groups is 1. The summed E-state index contributed by atoms with van der Waals surface area (Å²) in [6, 6.07) is 6.26. The van der Waals surface area contributed by atoms with Crippen LogP contribution >= 0.6 is 0 Å². The van der Waals surface area contributed by atoms with Crippen LogP contribution in [0.1, 0.15) is 6.42 Å². The Hall–Kier alpha value is -1.88. The first-order chi connectivity index (χ1) is 12.2. The van der Waals surface area contributed by atoms with Crippen molar-refractivity contribution in [3.05, 3.63) is 24.3 Å². The lowest BCUT2D eigenvalue weighted by Crippen LogP contribution is -2.51. The third kappa shape index (κ3) is 7.16. The SMILES string of the molecule is O=C(CCOc1ccc(O)cc1)N1CCN(CC(O)CS(=O)(=O)O)CC1. The van der Waals surface area contributed by atoms with Crippen LogP contribution in [0.25, 0.3) is 0 Å². The van der Waals surface area contributed by atoms with Crippen molar-refractivity contribution >= 4 is 16.0 Å². The van der Waals surface area contributed by atoms with Crippen molar-refractivity contribution in [2.24, 2.45) is 0 Å². The zero-order valence-corrected chi connectivity index (χ0v) is 15.1. The number of aromatic hydroxyl groups is 1. The molecule has 9 nitrogen and oxygen atoms in total. The predicted octanol–water partition coefficient (Wildman–Crippen LogP) is -0.446. The van der Waals surface area contributed by atoms with Crippen molar-refractivity contribution in [2.75, 3.05) is 45.1 Å². The van der Waals surface area contributed by atoms with E-state index >= 15 is 0 Å². The molecule has 1 aliphatic heterocycles. The zero-order chi connectivity index (χ0) is 19.2. The van der Waals surface area contributed by atoms with E-state index in [1.807, 2.05) is 4.90 Å². The van der Waals surface area contributed by atoms with Gasteiger partial charge >= 0.3 is 0 Å². The molecule has 3 N–H and O–H groups in total. The van der Waals surface area contributed by atoms with E-state index in [-0.39, 0.29) is 31.2 Å². The molecule has 0 aliphatic carbocycles. The van der Waals surface area contributed by atoms with Gasteiger partial charge in [-0.3, -0.25) is 14.2 Å². The molecule has 146 valence electrons. The van der Waals surface area contributed by atoms with E-state index in [2.05, 4.69) is 0 Å². The fourth-order valence-corrected chi connectivity index (χ4v) is 3.32. The first kappa shape index (κ1) is 20.4.